The minimum atomic E-state index is -0.258. The number of hydrogen-bond donors (Lipinski definition) is 0. The molecule has 3 heteroatoms. The number of carbonyl (C=O) groups excluding carboxylic acids is 1. The first-order valence-corrected chi connectivity index (χ1v) is 8.91. The fourth-order valence-electron chi connectivity index (χ4n) is 4.61. The normalized spacial score (nSPS) is 32.1. The Labute approximate surface area is 138 Å². The van der Waals surface area contributed by atoms with E-state index in [9.17, 15) is 10.1 Å². The van der Waals surface area contributed by atoms with Crippen LogP contribution in [0.4, 0.5) is 0 Å². The second-order valence-corrected chi connectivity index (χ2v) is 7.71. The molecule has 1 saturated carbocycles. The molecule has 1 aliphatic carbocycles. The zero-order chi connectivity index (χ0) is 16.0. The highest BCUT2D eigenvalue weighted by Gasteiger charge is 2.45. The molecule has 120 valence electrons. The van der Waals surface area contributed by atoms with Gasteiger partial charge in [0.1, 0.15) is 0 Å². The highest BCUT2D eigenvalue weighted by atomic mass is 16.1. The molecule has 1 aromatic rings. The Morgan fingerprint density at radius 1 is 1.17 bits per heavy atom. The predicted octanol–water partition coefficient (Wildman–Crippen LogP) is 3.69. The molecule has 0 aromatic heterocycles. The molecule has 0 spiro atoms. The summed E-state index contributed by atoms with van der Waals surface area (Å²) in [5.74, 6) is 0.488. The van der Waals surface area contributed by atoms with Crippen LogP contribution < -0.4 is 0 Å². The number of piperidine rings is 2. The van der Waals surface area contributed by atoms with Gasteiger partial charge >= 0.3 is 0 Å². The second kappa shape index (κ2) is 5.46. The summed E-state index contributed by atoms with van der Waals surface area (Å²) >= 11 is 0. The van der Waals surface area contributed by atoms with Gasteiger partial charge in [-0.15, -0.1) is 0 Å². The molecular weight excluding hydrogens is 284 g/mol. The van der Waals surface area contributed by atoms with Crippen molar-refractivity contribution in [3.05, 3.63) is 35.4 Å². The lowest BCUT2D eigenvalue weighted by molar-refractivity contribution is 0.0338. The molecule has 2 aliphatic heterocycles. The first-order chi connectivity index (χ1) is 11.1. The molecule has 3 nitrogen and oxygen atoms in total. The summed E-state index contributed by atoms with van der Waals surface area (Å²) in [7, 11) is 2.22. The molecule has 2 heterocycles. The van der Waals surface area contributed by atoms with Gasteiger partial charge in [-0.1, -0.05) is 30.7 Å². The van der Waals surface area contributed by atoms with Gasteiger partial charge in [-0.3, -0.25) is 4.79 Å². The molecule has 0 N–H and O–H groups in total. The fraction of sp³-hybridized carbons (Fsp3) is 0.600. The van der Waals surface area contributed by atoms with E-state index in [0.717, 1.165) is 36.8 Å². The van der Waals surface area contributed by atoms with E-state index in [1.54, 1.807) is 0 Å². The fourth-order valence-corrected chi connectivity index (χ4v) is 4.61. The van der Waals surface area contributed by atoms with E-state index in [4.69, 9.17) is 0 Å². The van der Waals surface area contributed by atoms with Gasteiger partial charge in [0.05, 0.1) is 11.5 Å². The molecule has 23 heavy (non-hydrogen) atoms. The van der Waals surface area contributed by atoms with Crippen molar-refractivity contribution in [2.75, 3.05) is 7.05 Å². The Morgan fingerprint density at radius 2 is 1.78 bits per heavy atom. The number of nitriles is 1. The van der Waals surface area contributed by atoms with Gasteiger partial charge in [0.15, 0.2) is 5.78 Å². The number of hydrogen-bond acceptors (Lipinski definition) is 3. The monoisotopic (exact) mass is 308 g/mol. The Bertz CT molecular complexity index is 639. The molecule has 0 amide bonds. The van der Waals surface area contributed by atoms with Crippen LogP contribution in [0.2, 0.25) is 0 Å². The van der Waals surface area contributed by atoms with Crippen LogP contribution in [0, 0.1) is 17.2 Å². The maximum atomic E-state index is 12.9. The third-order valence-corrected chi connectivity index (χ3v) is 6.40. The lowest BCUT2D eigenvalue weighted by Gasteiger charge is -2.46. The van der Waals surface area contributed by atoms with Gasteiger partial charge < -0.3 is 4.90 Å². The minimum absolute atomic E-state index is 0.179. The molecule has 2 unspecified atom stereocenters. The number of nitrogens with zero attached hydrogens (tertiary/aromatic N) is 2. The van der Waals surface area contributed by atoms with E-state index in [2.05, 4.69) is 18.0 Å². The summed E-state index contributed by atoms with van der Waals surface area (Å²) in [6, 6.07) is 11.5. The third-order valence-electron chi connectivity index (χ3n) is 6.40. The highest BCUT2D eigenvalue weighted by molar-refractivity contribution is 5.98. The molecule has 2 atom stereocenters. The smallest absolute Gasteiger partial charge is 0.166 e. The van der Waals surface area contributed by atoms with Crippen LogP contribution >= 0.6 is 0 Å². The van der Waals surface area contributed by atoms with Crippen molar-refractivity contribution in [3.8, 4) is 6.07 Å². The Morgan fingerprint density at radius 3 is 2.30 bits per heavy atom. The molecule has 3 fully saturated rings. The van der Waals surface area contributed by atoms with E-state index in [1.165, 1.54) is 19.3 Å². The van der Waals surface area contributed by atoms with Crippen LogP contribution in [0.1, 0.15) is 60.9 Å². The zero-order valence-corrected chi connectivity index (χ0v) is 13.8. The van der Waals surface area contributed by atoms with Crippen LogP contribution in [-0.2, 0) is 5.41 Å². The van der Waals surface area contributed by atoms with Crippen molar-refractivity contribution in [2.24, 2.45) is 5.92 Å². The van der Waals surface area contributed by atoms with E-state index >= 15 is 0 Å². The van der Waals surface area contributed by atoms with Crippen LogP contribution in [0.15, 0.2) is 24.3 Å². The van der Waals surface area contributed by atoms with Gasteiger partial charge in [-0.2, -0.15) is 5.26 Å². The number of benzene rings is 1. The van der Waals surface area contributed by atoms with Crippen molar-refractivity contribution < 1.29 is 4.79 Å². The van der Waals surface area contributed by atoms with Gasteiger partial charge in [0.25, 0.3) is 0 Å². The third kappa shape index (κ3) is 2.50. The molecule has 2 bridgehead atoms. The first-order valence-electron chi connectivity index (χ1n) is 8.91. The lowest BCUT2D eigenvalue weighted by atomic mass is 9.76. The summed E-state index contributed by atoms with van der Waals surface area (Å²) < 4.78 is 0. The second-order valence-electron chi connectivity index (χ2n) is 7.71. The molecule has 3 aliphatic rings. The van der Waals surface area contributed by atoms with Gasteiger partial charge in [0.2, 0.25) is 0 Å². The molecular formula is C20H24N2O. The number of rotatable bonds is 3. The SMILES string of the molecule is CN1C2CCCC1CC(C(=O)c1ccc(C3(C#N)CC3)cc1)C2. The maximum absolute atomic E-state index is 12.9. The average Bonchev–Trinajstić information content (AvgIpc) is 3.35. The predicted molar refractivity (Wildman–Crippen MR) is 89.2 cm³/mol. The number of ketones is 1. The van der Waals surface area contributed by atoms with E-state index in [-0.39, 0.29) is 11.3 Å². The van der Waals surface area contributed by atoms with Crippen LogP contribution in [0.3, 0.4) is 0 Å². The van der Waals surface area contributed by atoms with Crippen molar-refractivity contribution in [2.45, 2.75) is 62.4 Å². The number of carbonyl (C=O) groups is 1. The van der Waals surface area contributed by atoms with Crippen molar-refractivity contribution in [3.63, 3.8) is 0 Å². The van der Waals surface area contributed by atoms with Crippen molar-refractivity contribution in [1.82, 2.24) is 4.90 Å². The average molecular weight is 308 g/mol. The highest BCUT2D eigenvalue weighted by Crippen LogP contribution is 2.47. The lowest BCUT2D eigenvalue weighted by Crippen LogP contribution is -2.51. The zero-order valence-electron chi connectivity index (χ0n) is 13.8. The maximum Gasteiger partial charge on any atom is 0.166 e. The van der Waals surface area contributed by atoms with E-state index in [1.807, 2.05) is 24.3 Å². The Kier molecular flexibility index (Phi) is 3.54. The van der Waals surface area contributed by atoms with Crippen molar-refractivity contribution >= 4 is 5.78 Å². The molecule has 1 aromatic carbocycles. The van der Waals surface area contributed by atoms with E-state index < -0.39 is 0 Å². The standard InChI is InChI=1S/C20H24N2O/c1-22-17-3-2-4-18(22)12-15(11-17)19(23)14-5-7-16(8-6-14)20(13-21)9-10-20/h5-8,15,17-18H,2-4,9-12H2,1H3. The quantitative estimate of drug-likeness (QED) is 0.800. The summed E-state index contributed by atoms with van der Waals surface area (Å²) in [4.78, 5) is 15.4. The summed E-state index contributed by atoms with van der Waals surface area (Å²) in [6.45, 7) is 0. The van der Waals surface area contributed by atoms with Gasteiger partial charge in [0, 0.05) is 23.6 Å². The van der Waals surface area contributed by atoms with Gasteiger partial charge in [-0.25, -0.2) is 0 Å². The molecule has 2 saturated heterocycles. The summed E-state index contributed by atoms with van der Waals surface area (Å²) in [5.41, 5.74) is 1.65. The number of fused-ring (bicyclic) bond motifs is 2. The number of Topliss-reactive ketones (excluding diaryl/α,β-unsaturated/α-hetero) is 1. The van der Waals surface area contributed by atoms with Gasteiger partial charge in [-0.05, 0) is 51.1 Å². The Balaban J connectivity index is 1.50. The van der Waals surface area contributed by atoms with Crippen LogP contribution in [0.5, 0.6) is 0 Å². The summed E-state index contributed by atoms with van der Waals surface area (Å²) in [6.07, 6.45) is 7.71. The van der Waals surface area contributed by atoms with E-state index in [0.29, 0.717) is 17.9 Å². The topological polar surface area (TPSA) is 44.1 Å². The largest absolute Gasteiger partial charge is 0.300 e. The molecule has 4 rings (SSSR count). The van der Waals surface area contributed by atoms with Crippen LogP contribution in [-0.4, -0.2) is 29.8 Å². The Hall–Kier alpha value is -1.66. The summed E-state index contributed by atoms with van der Waals surface area (Å²) in [5, 5.41) is 9.29. The van der Waals surface area contributed by atoms with Crippen molar-refractivity contribution in [1.29, 1.82) is 5.26 Å². The minimum Gasteiger partial charge on any atom is -0.300 e. The molecule has 0 radical (unpaired) electrons. The van der Waals surface area contributed by atoms with Crippen LogP contribution in [0.25, 0.3) is 0 Å². The first kappa shape index (κ1) is 14.9.